The Morgan fingerprint density at radius 2 is 2.25 bits per heavy atom. The van der Waals surface area contributed by atoms with Gasteiger partial charge in [-0.1, -0.05) is 12.1 Å². The lowest BCUT2D eigenvalue weighted by molar-refractivity contribution is 0.413. The quantitative estimate of drug-likeness (QED) is 0.339. The fourth-order valence-electron chi connectivity index (χ4n) is 0.931. The molecule has 1 unspecified atom stereocenters. The van der Waals surface area contributed by atoms with E-state index in [9.17, 15) is 0 Å². The maximum atomic E-state index is 5.63. The largest absolute Gasteiger partial charge is 0.497 e. The second kappa shape index (κ2) is 4.06. The molecule has 0 aliphatic rings. The summed E-state index contributed by atoms with van der Waals surface area (Å²) in [5.74, 6) is 5.96. The van der Waals surface area contributed by atoms with Crippen molar-refractivity contribution in [1.29, 1.82) is 0 Å². The summed E-state index contributed by atoms with van der Waals surface area (Å²) in [6.45, 7) is 0. The molecule has 1 aromatic rings. The van der Waals surface area contributed by atoms with Crippen molar-refractivity contribution in [3.8, 4) is 5.75 Å². The van der Waals surface area contributed by atoms with Crippen LogP contribution in [0.25, 0.3) is 0 Å². The van der Waals surface area contributed by atoms with Crippen LogP contribution < -0.4 is 21.7 Å². The van der Waals surface area contributed by atoms with Crippen molar-refractivity contribution < 1.29 is 4.74 Å². The Bertz CT molecular complexity index is 252. The lowest BCUT2D eigenvalue weighted by Crippen LogP contribution is -2.34. The minimum atomic E-state index is -0.347. The van der Waals surface area contributed by atoms with Gasteiger partial charge < -0.3 is 10.5 Å². The molecular weight excluding hydrogens is 154 g/mol. The second-order valence-corrected chi connectivity index (χ2v) is 2.42. The van der Waals surface area contributed by atoms with Gasteiger partial charge in [-0.3, -0.25) is 5.84 Å². The first-order valence-corrected chi connectivity index (χ1v) is 3.63. The Hall–Kier alpha value is -1.10. The van der Waals surface area contributed by atoms with Crippen molar-refractivity contribution in [1.82, 2.24) is 5.43 Å². The van der Waals surface area contributed by atoms with Crippen molar-refractivity contribution in [2.45, 2.75) is 6.17 Å². The first-order chi connectivity index (χ1) is 5.77. The third-order valence-corrected chi connectivity index (χ3v) is 1.63. The number of rotatable bonds is 3. The van der Waals surface area contributed by atoms with Crippen molar-refractivity contribution in [2.24, 2.45) is 11.6 Å². The number of ether oxygens (including phenoxy) is 1. The molecule has 0 heterocycles. The smallest absolute Gasteiger partial charge is 0.119 e. The molecule has 0 aliphatic carbocycles. The Balaban J connectivity index is 2.86. The molecule has 5 N–H and O–H groups in total. The molecule has 0 spiro atoms. The highest BCUT2D eigenvalue weighted by Gasteiger charge is 2.02. The Morgan fingerprint density at radius 1 is 1.50 bits per heavy atom. The third kappa shape index (κ3) is 1.94. The maximum Gasteiger partial charge on any atom is 0.119 e. The molecule has 0 radical (unpaired) electrons. The number of hydrazine groups is 1. The zero-order chi connectivity index (χ0) is 8.97. The molecule has 0 saturated carbocycles. The molecule has 4 nitrogen and oxygen atoms in total. The minimum Gasteiger partial charge on any atom is -0.497 e. The molecule has 1 aromatic carbocycles. The van der Waals surface area contributed by atoms with Crippen LogP contribution in [0, 0.1) is 0 Å². The van der Waals surface area contributed by atoms with E-state index in [2.05, 4.69) is 5.43 Å². The van der Waals surface area contributed by atoms with Gasteiger partial charge in [0, 0.05) is 0 Å². The van der Waals surface area contributed by atoms with Gasteiger partial charge >= 0.3 is 0 Å². The standard InChI is InChI=1S/C8H13N3O/c1-12-7-4-2-3-6(5-7)8(9)11-10/h2-5,8,11H,9-10H2,1H3. The van der Waals surface area contributed by atoms with Gasteiger partial charge in [0.1, 0.15) is 5.75 Å². The summed E-state index contributed by atoms with van der Waals surface area (Å²) >= 11 is 0. The number of hydrogen-bond acceptors (Lipinski definition) is 4. The van der Waals surface area contributed by atoms with E-state index in [1.54, 1.807) is 7.11 Å². The zero-order valence-corrected chi connectivity index (χ0v) is 6.95. The Labute approximate surface area is 71.5 Å². The lowest BCUT2D eigenvalue weighted by atomic mass is 10.2. The van der Waals surface area contributed by atoms with Crippen LogP contribution in [0.4, 0.5) is 0 Å². The monoisotopic (exact) mass is 167 g/mol. The van der Waals surface area contributed by atoms with Crippen molar-refractivity contribution >= 4 is 0 Å². The van der Waals surface area contributed by atoms with E-state index >= 15 is 0 Å². The molecule has 12 heavy (non-hydrogen) atoms. The van der Waals surface area contributed by atoms with Crippen LogP contribution in [0.3, 0.4) is 0 Å². The van der Waals surface area contributed by atoms with E-state index in [1.807, 2.05) is 24.3 Å². The summed E-state index contributed by atoms with van der Waals surface area (Å²) < 4.78 is 5.03. The Kier molecular flexibility index (Phi) is 3.04. The molecule has 66 valence electrons. The summed E-state index contributed by atoms with van der Waals surface area (Å²) in [5.41, 5.74) is 8.98. The minimum absolute atomic E-state index is 0.347. The topological polar surface area (TPSA) is 73.3 Å². The second-order valence-electron chi connectivity index (χ2n) is 2.42. The van der Waals surface area contributed by atoms with Gasteiger partial charge in [0.05, 0.1) is 13.3 Å². The summed E-state index contributed by atoms with van der Waals surface area (Å²) in [6, 6.07) is 7.44. The SMILES string of the molecule is COc1cccc(C(N)NN)c1. The van der Waals surface area contributed by atoms with Crippen LogP contribution in [0.15, 0.2) is 24.3 Å². The first-order valence-electron chi connectivity index (χ1n) is 3.63. The Morgan fingerprint density at radius 3 is 2.83 bits per heavy atom. The van der Waals surface area contributed by atoms with Crippen molar-refractivity contribution in [3.63, 3.8) is 0 Å². The van der Waals surface area contributed by atoms with Gasteiger partial charge in [-0.25, -0.2) is 5.43 Å². The summed E-state index contributed by atoms with van der Waals surface area (Å²) in [7, 11) is 1.61. The fraction of sp³-hybridized carbons (Fsp3) is 0.250. The lowest BCUT2D eigenvalue weighted by Gasteiger charge is -2.10. The third-order valence-electron chi connectivity index (χ3n) is 1.63. The molecule has 1 rings (SSSR count). The highest BCUT2D eigenvalue weighted by molar-refractivity contribution is 5.29. The average Bonchev–Trinajstić information content (AvgIpc) is 2.17. The predicted molar refractivity (Wildman–Crippen MR) is 47.2 cm³/mol. The van der Waals surface area contributed by atoms with Crippen molar-refractivity contribution in [3.05, 3.63) is 29.8 Å². The van der Waals surface area contributed by atoms with Gasteiger partial charge in [0.2, 0.25) is 0 Å². The fourth-order valence-corrected chi connectivity index (χ4v) is 0.931. The van der Waals surface area contributed by atoms with Gasteiger partial charge in [0.15, 0.2) is 0 Å². The van der Waals surface area contributed by atoms with E-state index in [4.69, 9.17) is 16.3 Å². The van der Waals surface area contributed by atoms with Crippen LogP contribution in [0.5, 0.6) is 5.75 Å². The van der Waals surface area contributed by atoms with Crippen LogP contribution >= 0.6 is 0 Å². The normalized spacial score (nSPS) is 12.6. The summed E-state index contributed by atoms with van der Waals surface area (Å²) in [6.07, 6.45) is -0.347. The molecule has 0 aliphatic heterocycles. The molecule has 1 atom stereocenters. The average molecular weight is 167 g/mol. The summed E-state index contributed by atoms with van der Waals surface area (Å²) in [4.78, 5) is 0. The van der Waals surface area contributed by atoms with Gasteiger partial charge in [0.25, 0.3) is 0 Å². The number of nitrogens with two attached hydrogens (primary N) is 2. The number of methoxy groups -OCH3 is 1. The van der Waals surface area contributed by atoms with E-state index in [0.717, 1.165) is 11.3 Å². The van der Waals surface area contributed by atoms with E-state index in [0.29, 0.717) is 0 Å². The predicted octanol–water partition coefficient (Wildman–Crippen LogP) is 0.116. The van der Waals surface area contributed by atoms with Crippen LogP contribution in [0.1, 0.15) is 11.7 Å². The number of benzene rings is 1. The van der Waals surface area contributed by atoms with Gasteiger partial charge in [-0.2, -0.15) is 0 Å². The zero-order valence-electron chi connectivity index (χ0n) is 6.95. The number of hydrogen-bond donors (Lipinski definition) is 3. The van der Waals surface area contributed by atoms with Crippen LogP contribution in [-0.4, -0.2) is 7.11 Å². The van der Waals surface area contributed by atoms with Crippen LogP contribution in [0.2, 0.25) is 0 Å². The highest BCUT2D eigenvalue weighted by atomic mass is 16.5. The highest BCUT2D eigenvalue weighted by Crippen LogP contribution is 2.15. The van der Waals surface area contributed by atoms with E-state index < -0.39 is 0 Å². The summed E-state index contributed by atoms with van der Waals surface area (Å²) in [5, 5.41) is 0. The molecule has 4 heteroatoms. The molecular formula is C8H13N3O. The molecule has 0 saturated heterocycles. The van der Waals surface area contributed by atoms with Gasteiger partial charge in [-0.05, 0) is 17.7 Å². The van der Waals surface area contributed by atoms with Crippen LogP contribution in [-0.2, 0) is 0 Å². The van der Waals surface area contributed by atoms with E-state index in [-0.39, 0.29) is 6.17 Å². The van der Waals surface area contributed by atoms with E-state index in [1.165, 1.54) is 0 Å². The molecule has 0 amide bonds. The van der Waals surface area contributed by atoms with Gasteiger partial charge in [-0.15, -0.1) is 0 Å². The maximum absolute atomic E-state index is 5.63. The van der Waals surface area contributed by atoms with Crippen molar-refractivity contribution in [2.75, 3.05) is 7.11 Å². The number of nitrogens with one attached hydrogen (secondary N) is 1. The molecule has 0 bridgehead atoms. The molecule has 0 fully saturated rings. The molecule has 0 aromatic heterocycles. The first kappa shape index (κ1) is 8.99.